The fourth-order valence-corrected chi connectivity index (χ4v) is 1.72. The molecular formula is C11H15N3O4. The maximum absolute atomic E-state index is 11.0. The first-order valence-electron chi connectivity index (χ1n) is 5.49. The van der Waals surface area contributed by atoms with Crippen LogP contribution in [-0.4, -0.2) is 31.2 Å². The number of nitrogens with two attached hydrogens (primary N) is 1. The number of nitro benzene ring substituents is 1. The molecule has 1 aromatic rings. The van der Waals surface area contributed by atoms with Crippen LogP contribution < -0.4 is 20.5 Å². The Morgan fingerprint density at radius 2 is 1.94 bits per heavy atom. The van der Waals surface area contributed by atoms with Crippen LogP contribution >= 0.6 is 0 Å². The van der Waals surface area contributed by atoms with Gasteiger partial charge in [-0.25, -0.2) is 0 Å². The van der Waals surface area contributed by atoms with E-state index in [-0.39, 0.29) is 17.8 Å². The summed E-state index contributed by atoms with van der Waals surface area (Å²) in [5, 5.41) is 14.1. The molecule has 2 atom stereocenters. The van der Waals surface area contributed by atoms with Gasteiger partial charge in [0.25, 0.3) is 5.69 Å². The van der Waals surface area contributed by atoms with Crippen molar-refractivity contribution in [2.24, 2.45) is 5.73 Å². The van der Waals surface area contributed by atoms with E-state index in [0.717, 1.165) is 6.42 Å². The number of anilines is 1. The molecule has 1 fully saturated rings. The Kier molecular flexibility index (Phi) is 3.24. The van der Waals surface area contributed by atoms with Crippen molar-refractivity contribution in [3.8, 4) is 11.5 Å². The van der Waals surface area contributed by atoms with E-state index in [0.29, 0.717) is 17.2 Å². The molecular weight excluding hydrogens is 238 g/mol. The minimum Gasteiger partial charge on any atom is -0.493 e. The minimum atomic E-state index is -0.460. The van der Waals surface area contributed by atoms with E-state index in [1.807, 2.05) is 0 Å². The van der Waals surface area contributed by atoms with Gasteiger partial charge in [0.05, 0.1) is 25.2 Å². The Balaban J connectivity index is 2.37. The van der Waals surface area contributed by atoms with Crippen molar-refractivity contribution in [1.29, 1.82) is 0 Å². The largest absolute Gasteiger partial charge is 0.493 e. The molecule has 0 aromatic heterocycles. The molecule has 0 spiro atoms. The Bertz CT molecular complexity index is 478. The highest BCUT2D eigenvalue weighted by Gasteiger charge is 2.35. The van der Waals surface area contributed by atoms with Crippen LogP contribution in [0.25, 0.3) is 0 Å². The zero-order chi connectivity index (χ0) is 13.3. The first kappa shape index (κ1) is 12.4. The molecule has 0 aliphatic heterocycles. The van der Waals surface area contributed by atoms with Crippen LogP contribution in [0.2, 0.25) is 0 Å². The standard InChI is InChI=1S/C11H15N3O4/c1-17-10-4-8(13-7-3-6(7)12)9(14(15)16)5-11(10)18-2/h4-7,13H,3,12H2,1-2H3. The number of ether oxygens (including phenoxy) is 2. The molecule has 1 aliphatic carbocycles. The van der Waals surface area contributed by atoms with Crippen molar-refractivity contribution in [2.45, 2.75) is 18.5 Å². The van der Waals surface area contributed by atoms with Gasteiger partial charge >= 0.3 is 0 Å². The summed E-state index contributed by atoms with van der Waals surface area (Å²) >= 11 is 0. The van der Waals surface area contributed by atoms with E-state index in [1.165, 1.54) is 20.3 Å². The molecule has 0 radical (unpaired) electrons. The second-order valence-corrected chi connectivity index (χ2v) is 4.13. The molecule has 0 amide bonds. The van der Waals surface area contributed by atoms with Crippen molar-refractivity contribution in [1.82, 2.24) is 0 Å². The maximum Gasteiger partial charge on any atom is 0.296 e. The highest BCUT2D eigenvalue weighted by molar-refractivity contribution is 5.69. The Hall–Kier alpha value is -2.02. The lowest BCUT2D eigenvalue weighted by Gasteiger charge is -2.11. The lowest BCUT2D eigenvalue weighted by Crippen LogP contribution is -2.14. The second kappa shape index (κ2) is 4.69. The fourth-order valence-electron chi connectivity index (χ4n) is 1.72. The second-order valence-electron chi connectivity index (χ2n) is 4.13. The van der Waals surface area contributed by atoms with Crippen molar-refractivity contribution in [3.63, 3.8) is 0 Å². The Morgan fingerprint density at radius 3 is 2.39 bits per heavy atom. The molecule has 0 bridgehead atoms. The SMILES string of the molecule is COc1cc(NC2CC2N)c([N+](=O)[O-])cc1OC. The van der Waals surface area contributed by atoms with Gasteiger partial charge in [0.2, 0.25) is 0 Å². The summed E-state index contributed by atoms with van der Waals surface area (Å²) in [7, 11) is 2.92. The van der Waals surface area contributed by atoms with Crippen LogP contribution in [0.1, 0.15) is 6.42 Å². The van der Waals surface area contributed by atoms with E-state index in [2.05, 4.69) is 5.32 Å². The summed E-state index contributed by atoms with van der Waals surface area (Å²) < 4.78 is 10.2. The summed E-state index contributed by atoms with van der Waals surface area (Å²) in [5.41, 5.74) is 6.03. The van der Waals surface area contributed by atoms with Crippen molar-refractivity contribution in [2.75, 3.05) is 19.5 Å². The summed E-state index contributed by atoms with van der Waals surface area (Å²) in [4.78, 5) is 10.6. The van der Waals surface area contributed by atoms with E-state index in [4.69, 9.17) is 15.2 Å². The third kappa shape index (κ3) is 2.30. The zero-order valence-corrected chi connectivity index (χ0v) is 10.2. The maximum atomic E-state index is 11.0. The van der Waals surface area contributed by atoms with Crippen LogP contribution in [0, 0.1) is 10.1 Å². The van der Waals surface area contributed by atoms with Gasteiger partial charge in [0.15, 0.2) is 11.5 Å². The summed E-state index contributed by atoms with van der Waals surface area (Å²) in [6.45, 7) is 0. The number of benzene rings is 1. The first-order valence-corrected chi connectivity index (χ1v) is 5.49. The quantitative estimate of drug-likeness (QED) is 0.602. The molecule has 0 heterocycles. The van der Waals surface area contributed by atoms with E-state index < -0.39 is 4.92 Å². The molecule has 1 aromatic carbocycles. The molecule has 1 aliphatic rings. The smallest absolute Gasteiger partial charge is 0.296 e. The van der Waals surface area contributed by atoms with Gasteiger partial charge in [0.1, 0.15) is 5.69 Å². The van der Waals surface area contributed by atoms with Gasteiger partial charge in [-0.3, -0.25) is 10.1 Å². The fraction of sp³-hybridized carbons (Fsp3) is 0.455. The number of methoxy groups -OCH3 is 2. The monoisotopic (exact) mass is 253 g/mol. The van der Waals surface area contributed by atoms with Crippen LogP contribution in [-0.2, 0) is 0 Å². The van der Waals surface area contributed by atoms with Crippen molar-refractivity contribution >= 4 is 11.4 Å². The topological polar surface area (TPSA) is 99.7 Å². The van der Waals surface area contributed by atoms with Crippen LogP contribution in [0.3, 0.4) is 0 Å². The number of rotatable bonds is 5. The van der Waals surface area contributed by atoms with Crippen molar-refractivity contribution in [3.05, 3.63) is 22.2 Å². The molecule has 1 saturated carbocycles. The van der Waals surface area contributed by atoms with Gasteiger partial charge < -0.3 is 20.5 Å². The Labute approximate surface area is 104 Å². The summed E-state index contributed by atoms with van der Waals surface area (Å²) in [5.74, 6) is 0.773. The molecule has 98 valence electrons. The number of nitrogens with one attached hydrogen (secondary N) is 1. The Morgan fingerprint density at radius 1 is 1.39 bits per heavy atom. The summed E-state index contributed by atoms with van der Waals surface area (Å²) in [6.07, 6.45) is 0.811. The minimum absolute atomic E-state index is 0.0493. The predicted octanol–water partition coefficient (Wildman–Crippen LogP) is 1.12. The highest BCUT2D eigenvalue weighted by Crippen LogP contribution is 2.39. The number of nitrogens with zero attached hydrogens (tertiary/aromatic N) is 1. The van der Waals surface area contributed by atoms with Gasteiger partial charge in [-0.15, -0.1) is 0 Å². The third-order valence-electron chi connectivity index (χ3n) is 2.88. The average molecular weight is 253 g/mol. The molecule has 2 rings (SSSR count). The molecule has 2 unspecified atom stereocenters. The van der Waals surface area contributed by atoms with E-state index >= 15 is 0 Å². The number of hydrogen-bond donors (Lipinski definition) is 2. The van der Waals surface area contributed by atoms with Crippen LogP contribution in [0.4, 0.5) is 11.4 Å². The first-order chi connectivity index (χ1) is 8.56. The third-order valence-corrected chi connectivity index (χ3v) is 2.88. The molecule has 18 heavy (non-hydrogen) atoms. The lowest BCUT2D eigenvalue weighted by atomic mass is 10.2. The average Bonchev–Trinajstić information content (AvgIpc) is 3.03. The van der Waals surface area contributed by atoms with Gasteiger partial charge in [-0.2, -0.15) is 0 Å². The molecule has 7 nitrogen and oxygen atoms in total. The van der Waals surface area contributed by atoms with Gasteiger partial charge in [-0.1, -0.05) is 0 Å². The molecule has 7 heteroatoms. The molecule has 3 N–H and O–H groups in total. The number of nitro groups is 1. The number of hydrogen-bond acceptors (Lipinski definition) is 6. The van der Waals surface area contributed by atoms with Gasteiger partial charge in [0, 0.05) is 18.2 Å². The summed E-state index contributed by atoms with van der Waals surface area (Å²) in [6, 6.07) is 3.04. The lowest BCUT2D eigenvalue weighted by molar-refractivity contribution is -0.384. The predicted molar refractivity (Wildman–Crippen MR) is 66.2 cm³/mol. The van der Waals surface area contributed by atoms with E-state index in [9.17, 15) is 10.1 Å². The van der Waals surface area contributed by atoms with Crippen LogP contribution in [0.5, 0.6) is 11.5 Å². The zero-order valence-electron chi connectivity index (χ0n) is 10.2. The van der Waals surface area contributed by atoms with Crippen LogP contribution in [0.15, 0.2) is 12.1 Å². The molecule has 0 saturated heterocycles. The highest BCUT2D eigenvalue weighted by atomic mass is 16.6. The van der Waals surface area contributed by atoms with Gasteiger partial charge in [-0.05, 0) is 6.42 Å². The van der Waals surface area contributed by atoms with E-state index in [1.54, 1.807) is 6.07 Å². The normalized spacial score (nSPS) is 21.3. The van der Waals surface area contributed by atoms with Crippen molar-refractivity contribution < 1.29 is 14.4 Å².